The van der Waals surface area contributed by atoms with Crippen molar-refractivity contribution in [3.63, 3.8) is 0 Å². The second-order valence-electron chi connectivity index (χ2n) is 5.55. The van der Waals surface area contributed by atoms with Crippen LogP contribution in [-0.4, -0.2) is 0 Å². The summed E-state index contributed by atoms with van der Waals surface area (Å²) >= 11 is 0. The molecule has 72 valence electrons. The molecule has 3 aliphatic rings. The van der Waals surface area contributed by atoms with Gasteiger partial charge in [-0.1, -0.05) is 32.4 Å². The molecule has 2 fully saturated rings. The molecule has 0 saturated heterocycles. The monoisotopic (exact) mass is 176 g/mol. The standard InChI is InChI=1S/C13H20/c1-3-13(2)11-7-8-12(13)10-6-4-5-9(10)11/h7-12H,3-6H2,1-2H3. The Morgan fingerprint density at radius 3 is 2.15 bits per heavy atom. The van der Waals surface area contributed by atoms with Gasteiger partial charge in [-0.05, 0) is 48.3 Å². The molecule has 0 N–H and O–H groups in total. The van der Waals surface area contributed by atoms with Gasteiger partial charge in [-0.3, -0.25) is 0 Å². The fraction of sp³-hybridized carbons (Fsp3) is 0.846. The Labute approximate surface area is 81.4 Å². The van der Waals surface area contributed by atoms with Crippen LogP contribution in [0, 0.1) is 29.1 Å². The molecule has 3 aliphatic carbocycles. The van der Waals surface area contributed by atoms with E-state index in [9.17, 15) is 0 Å². The van der Waals surface area contributed by atoms with Gasteiger partial charge >= 0.3 is 0 Å². The molecule has 0 heteroatoms. The van der Waals surface area contributed by atoms with Crippen LogP contribution in [0.25, 0.3) is 0 Å². The largest absolute Gasteiger partial charge is 0.0843 e. The van der Waals surface area contributed by atoms with Gasteiger partial charge < -0.3 is 0 Å². The van der Waals surface area contributed by atoms with E-state index < -0.39 is 0 Å². The molecule has 0 aromatic rings. The van der Waals surface area contributed by atoms with Crippen molar-refractivity contribution in [1.82, 2.24) is 0 Å². The van der Waals surface area contributed by atoms with E-state index in [1.54, 1.807) is 0 Å². The molecule has 0 radical (unpaired) electrons. The first-order valence-electron chi connectivity index (χ1n) is 5.95. The molecule has 0 heterocycles. The van der Waals surface area contributed by atoms with Crippen LogP contribution in [0.4, 0.5) is 0 Å². The number of allylic oxidation sites excluding steroid dienone is 2. The van der Waals surface area contributed by atoms with Crippen molar-refractivity contribution in [3.8, 4) is 0 Å². The summed E-state index contributed by atoms with van der Waals surface area (Å²) in [5.74, 6) is 4.02. The first-order chi connectivity index (χ1) is 6.27. The summed E-state index contributed by atoms with van der Waals surface area (Å²) in [6.07, 6.45) is 11.0. The Morgan fingerprint density at radius 1 is 1.15 bits per heavy atom. The lowest BCUT2D eigenvalue weighted by molar-refractivity contribution is 0.204. The average molecular weight is 176 g/mol. The highest BCUT2D eigenvalue weighted by Crippen LogP contribution is 2.65. The summed E-state index contributed by atoms with van der Waals surface area (Å²) in [5.41, 5.74) is 0.649. The van der Waals surface area contributed by atoms with Gasteiger partial charge in [0, 0.05) is 0 Å². The van der Waals surface area contributed by atoms with Crippen molar-refractivity contribution >= 4 is 0 Å². The third-order valence-electron chi connectivity index (χ3n) is 5.36. The van der Waals surface area contributed by atoms with Crippen LogP contribution in [0.5, 0.6) is 0 Å². The van der Waals surface area contributed by atoms with Crippen molar-refractivity contribution < 1.29 is 0 Å². The summed E-state index contributed by atoms with van der Waals surface area (Å²) in [7, 11) is 0. The fourth-order valence-corrected chi connectivity index (χ4v) is 4.55. The van der Waals surface area contributed by atoms with Crippen LogP contribution in [0.3, 0.4) is 0 Å². The van der Waals surface area contributed by atoms with Gasteiger partial charge in [0.25, 0.3) is 0 Å². The molecule has 2 bridgehead atoms. The quantitative estimate of drug-likeness (QED) is 0.535. The van der Waals surface area contributed by atoms with Gasteiger partial charge in [-0.2, -0.15) is 0 Å². The molecular formula is C13H20. The third kappa shape index (κ3) is 0.782. The molecule has 13 heavy (non-hydrogen) atoms. The Balaban J connectivity index is 2.00. The van der Waals surface area contributed by atoms with Gasteiger partial charge in [0.15, 0.2) is 0 Å². The number of rotatable bonds is 1. The van der Waals surface area contributed by atoms with E-state index in [0.717, 1.165) is 23.7 Å². The van der Waals surface area contributed by atoms with Crippen LogP contribution >= 0.6 is 0 Å². The van der Waals surface area contributed by atoms with E-state index in [1.165, 1.54) is 25.7 Å². The van der Waals surface area contributed by atoms with Gasteiger partial charge in [-0.15, -0.1) is 0 Å². The Kier molecular flexibility index (Phi) is 1.49. The third-order valence-corrected chi connectivity index (χ3v) is 5.36. The SMILES string of the molecule is CCC1(C)C2C=CC1C1CCCC12. The van der Waals surface area contributed by atoms with Crippen LogP contribution in [-0.2, 0) is 0 Å². The molecule has 0 aromatic carbocycles. The highest BCUT2D eigenvalue weighted by molar-refractivity contribution is 5.23. The molecule has 0 spiro atoms. The lowest BCUT2D eigenvalue weighted by atomic mass is 9.74. The molecular weight excluding hydrogens is 156 g/mol. The zero-order valence-corrected chi connectivity index (χ0v) is 8.79. The predicted molar refractivity (Wildman–Crippen MR) is 55.3 cm³/mol. The summed E-state index contributed by atoms with van der Waals surface area (Å²) in [6.45, 7) is 4.91. The van der Waals surface area contributed by atoms with E-state index in [2.05, 4.69) is 26.0 Å². The van der Waals surface area contributed by atoms with Crippen molar-refractivity contribution in [1.29, 1.82) is 0 Å². The summed E-state index contributed by atoms with van der Waals surface area (Å²) in [4.78, 5) is 0. The Hall–Kier alpha value is -0.260. The maximum absolute atomic E-state index is 2.54. The molecule has 0 aliphatic heterocycles. The average Bonchev–Trinajstić information content (AvgIpc) is 2.76. The van der Waals surface area contributed by atoms with Crippen LogP contribution < -0.4 is 0 Å². The van der Waals surface area contributed by atoms with Crippen LogP contribution in [0.15, 0.2) is 12.2 Å². The maximum atomic E-state index is 2.54. The van der Waals surface area contributed by atoms with Gasteiger partial charge in [0.2, 0.25) is 0 Å². The minimum Gasteiger partial charge on any atom is -0.0843 e. The highest BCUT2D eigenvalue weighted by atomic mass is 14.6. The number of hydrogen-bond acceptors (Lipinski definition) is 0. The molecule has 3 rings (SSSR count). The van der Waals surface area contributed by atoms with E-state index >= 15 is 0 Å². The van der Waals surface area contributed by atoms with Crippen molar-refractivity contribution in [2.45, 2.75) is 39.5 Å². The lowest BCUT2D eigenvalue weighted by Gasteiger charge is -2.30. The summed E-state index contributed by atoms with van der Waals surface area (Å²) < 4.78 is 0. The zero-order valence-electron chi connectivity index (χ0n) is 8.79. The minimum atomic E-state index is 0.649. The van der Waals surface area contributed by atoms with Crippen LogP contribution in [0.1, 0.15) is 39.5 Å². The van der Waals surface area contributed by atoms with Gasteiger partial charge in [0.05, 0.1) is 0 Å². The predicted octanol–water partition coefficient (Wildman–Crippen LogP) is 3.63. The topological polar surface area (TPSA) is 0 Å². The molecule has 2 saturated carbocycles. The highest BCUT2D eigenvalue weighted by Gasteiger charge is 2.58. The lowest BCUT2D eigenvalue weighted by Crippen LogP contribution is -2.24. The summed E-state index contributed by atoms with van der Waals surface area (Å²) in [5, 5.41) is 0. The minimum absolute atomic E-state index is 0.649. The number of fused-ring (bicyclic) bond motifs is 5. The van der Waals surface area contributed by atoms with Gasteiger partial charge in [0.1, 0.15) is 0 Å². The Morgan fingerprint density at radius 2 is 1.69 bits per heavy atom. The van der Waals surface area contributed by atoms with Crippen molar-refractivity contribution in [2.75, 3.05) is 0 Å². The molecule has 4 atom stereocenters. The van der Waals surface area contributed by atoms with Crippen LogP contribution in [0.2, 0.25) is 0 Å². The van der Waals surface area contributed by atoms with Gasteiger partial charge in [-0.25, -0.2) is 0 Å². The van der Waals surface area contributed by atoms with Crippen molar-refractivity contribution in [2.24, 2.45) is 29.1 Å². The smallest absolute Gasteiger partial charge is 0.0143 e. The van der Waals surface area contributed by atoms with E-state index in [0.29, 0.717) is 5.41 Å². The summed E-state index contributed by atoms with van der Waals surface area (Å²) in [6, 6.07) is 0. The van der Waals surface area contributed by atoms with Crippen molar-refractivity contribution in [3.05, 3.63) is 12.2 Å². The number of hydrogen-bond donors (Lipinski definition) is 0. The van der Waals surface area contributed by atoms with E-state index in [4.69, 9.17) is 0 Å². The molecule has 0 aromatic heterocycles. The zero-order chi connectivity index (χ0) is 9.05. The maximum Gasteiger partial charge on any atom is -0.0143 e. The molecule has 0 amide bonds. The second kappa shape index (κ2) is 2.40. The molecule has 0 nitrogen and oxygen atoms in total. The fourth-order valence-electron chi connectivity index (χ4n) is 4.55. The molecule has 4 unspecified atom stereocenters. The first-order valence-corrected chi connectivity index (χ1v) is 5.95. The van der Waals surface area contributed by atoms with E-state index in [-0.39, 0.29) is 0 Å². The second-order valence-corrected chi connectivity index (χ2v) is 5.55. The van der Waals surface area contributed by atoms with E-state index in [1.807, 2.05) is 0 Å². The Bertz CT molecular complexity index is 231. The first kappa shape index (κ1) is 8.08. The normalized spacial score (nSPS) is 57.4.